The Balaban J connectivity index is 1.17. The zero-order valence-corrected chi connectivity index (χ0v) is 13.3. The molecule has 3 saturated carbocycles. The van der Waals surface area contributed by atoms with Crippen LogP contribution in [0.1, 0.15) is 50.5 Å². The molecule has 3 aliphatic carbocycles. The van der Waals surface area contributed by atoms with Gasteiger partial charge in [0.05, 0.1) is 0 Å². The van der Waals surface area contributed by atoms with Crippen LogP contribution >= 0.6 is 0 Å². The van der Waals surface area contributed by atoms with Crippen molar-refractivity contribution >= 4 is 5.91 Å². The molecule has 0 N–H and O–H groups in total. The topological polar surface area (TPSA) is 20.3 Å². The number of carbonyl (C=O) groups is 1. The van der Waals surface area contributed by atoms with Gasteiger partial charge in [0.1, 0.15) is 0 Å². The van der Waals surface area contributed by atoms with Crippen LogP contribution < -0.4 is 0 Å². The lowest BCUT2D eigenvalue weighted by molar-refractivity contribution is -0.131. The number of nitrogens with zero attached hydrogens (tertiary/aromatic N) is 1. The Labute approximate surface area is 132 Å². The maximum Gasteiger partial charge on any atom is 0.226 e. The first-order chi connectivity index (χ1) is 10.8. The average Bonchev–Trinajstić information content (AvgIpc) is 3.46. The second-order valence-corrected chi connectivity index (χ2v) is 8.17. The van der Waals surface area contributed by atoms with E-state index in [0.717, 1.165) is 42.7 Å². The van der Waals surface area contributed by atoms with E-state index in [0.29, 0.717) is 11.8 Å². The monoisotopic (exact) mass is 295 g/mol. The van der Waals surface area contributed by atoms with Crippen molar-refractivity contribution < 1.29 is 4.79 Å². The molecular weight excluding hydrogens is 270 g/mol. The first-order valence-corrected chi connectivity index (χ1v) is 9.08. The molecule has 1 atom stereocenters. The van der Waals surface area contributed by atoms with E-state index in [1.807, 2.05) is 6.07 Å². The van der Waals surface area contributed by atoms with Crippen molar-refractivity contribution in [2.24, 2.45) is 22.7 Å². The van der Waals surface area contributed by atoms with Gasteiger partial charge >= 0.3 is 0 Å². The highest BCUT2D eigenvalue weighted by Crippen LogP contribution is 2.93. The lowest BCUT2D eigenvalue weighted by Crippen LogP contribution is -2.26. The van der Waals surface area contributed by atoms with Gasteiger partial charge in [-0.15, -0.1) is 0 Å². The van der Waals surface area contributed by atoms with Crippen molar-refractivity contribution in [3.8, 4) is 0 Å². The van der Waals surface area contributed by atoms with E-state index >= 15 is 0 Å². The zero-order chi connectivity index (χ0) is 14.8. The smallest absolute Gasteiger partial charge is 0.226 e. The van der Waals surface area contributed by atoms with Gasteiger partial charge in [-0.05, 0) is 67.3 Å². The van der Waals surface area contributed by atoms with Crippen LogP contribution in [0.2, 0.25) is 0 Å². The van der Waals surface area contributed by atoms with Gasteiger partial charge in [-0.1, -0.05) is 30.3 Å². The Morgan fingerprint density at radius 2 is 1.68 bits per heavy atom. The molecule has 5 rings (SSSR count). The van der Waals surface area contributed by atoms with E-state index < -0.39 is 0 Å². The van der Waals surface area contributed by atoms with Crippen molar-refractivity contribution in [3.05, 3.63) is 35.9 Å². The molecule has 1 saturated heterocycles. The second-order valence-electron chi connectivity index (χ2n) is 8.17. The molecule has 22 heavy (non-hydrogen) atoms. The molecule has 2 spiro atoms. The number of carbonyl (C=O) groups excluding carboxylic acids is 1. The first-order valence-electron chi connectivity index (χ1n) is 9.08. The van der Waals surface area contributed by atoms with Gasteiger partial charge in [0.15, 0.2) is 0 Å². The highest BCUT2D eigenvalue weighted by molar-refractivity contribution is 5.80. The van der Waals surface area contributed by atoms with Crippen molar-refractivity contribution in [2.45, 2.75) is 51.5 Å². The minimum atomic E-state index is 0.316. The summed E-state index contributed by atoms with van der Waals surface area (Å²) < 4.78 is 0. The molecule has 4 fully saturated rings. The van der Waals surface area contributed by atoms with Crippen LogP contribution in [0, 0.1) is 22.7 Å². The summed E-state index contributed by atoms with van der Waals surface area (Å²) in [4.78, 5) is 14.7. The van der Waals surface area contributed by atoms with Crippen molar-refractivity contribution in [1.82, 2.24) is 4.90 Å². The fourth-order valence-corrected chi connectivity index (χ4v) is 5.76. The van der Waals surface area contributed by atoms with Crippen LogP contribution in [0.5, 0.6) is 0 Å². The van der Waals surface area contributed by atoms with Crippen LogP contribution in [0.15, 0.2) is 30.3 Å². The minimum Gasteiger partial charge on any atom is -0.338 e. The summed E-state index contributed by atoms with van der Waals surface area (Å²) in [7, 11) is 0. The van der Waals surface area contributed by atoms with E-state index in [1.165, 1.54) is 37.7 Å². The van der Waals surface area contributed by atoms with Crippen LogP contribution in [0.3, 0.4) is 0 Å². The molecule has 1 aromatic rings. The average molecular weight is 295 g/mol. The second kappa shape index (κ2) is 4.37. The molecule has 1 heterocycles. The molecule has 1 aliphatic heterocycles. The maximum absolute atomic E-state index is 12.6. The van der Waals surface area contributed by atoms with E-state index in [1.54, 1.807) is 0 Å². The number of rotatable bonds is 5. The Kier molecular flexibility index (Phi) is 2.61. The highest BCUT2D eigenvalue weighted by Gasteiger charge is 2.85. The summed E-state index contributed by atoms with van der Waals surface area (Å²) >= 11 is 0. The fourth-order valence-electron chi connectivity index (χ4n) is 5.76. The Bertz CT molecular complexity index is 581. The number of benzene rings is 1. The van der Waals surface area contributed by atoms with E-state index in [4.69, 9.17) is 0 Å². The quantitative estimate of drug-likeness (QED) is 0.804. The number of amides is 1. The molecule has 4 aliphatic rings. The van der Waals surface area contributed by atoms with Gasteiger partial charge in [-0.2, -0.15) is 0 Å². The largest absolute Gasteiger partial charge is 0.338 e. The van der Waals surface area contributed by atoms with Gasteiger partial charge < -0.3 is 4.90 Å². The molecule has 0 bridgehead atoms. The van der Waals surface area contributed by atoms with E-state index in [2.05, 4.69) is 29.2 Å². The number of hydrogen-bond acceptors (Lipinski definition) is 1. The Morgan fingerprint density at radius 3 is 2.32 bits per heavy atom. The molecule has 1 unspecified atom stereocenters. The lowest BCUT2D eigenvalue weighted by atomic mass is 9.98. The summed E-state index contributed by atoms with van der Waals surface area (Å²) in [5, 5.41) is 0. The van der Waals surface area contributed by atoms with Gasteiger partial charge in [-0.25, -0.2) is 0 Å². The predicted molar refractivity (Wildman–Crippen MR) is 86.0 cm³/mol. The molecule has 2 nitrogen and oxygen atoms in total. The highest BCUT2D eigenvalue weighted by atomic mass is 16.2. The summed E-state index contributed by atoms with van der Waals surface area (Å²) in [6.45, 7) is 1.76. The number of hydrogen-bond donors (Lipinski definition) is 0. The zero-order valence-electron chi connectivity index (χ0n) is 13.3. The third kappa shape index (κ3) is 1.76. The predicted octanol–water partition coefficient (Wildman–Crippen LogP) is 4.01. The van der Waals surface area contributed by atoms with Crippen LogP contribution in [0.25, 0.3) is 0 Å². The van der Waals surface area contributed by atoms with E-state index in [9.17, 15) is 4.79 Å². The number of likely N-dealkylation sites (tertiary alicyclic amines) is 1. The molecule has 0 radical (unpaired) electrons. The maximum atomic E-state index is 12.6. The summed E-state index contributed by atoms with van der Waals surface area (Å²) in [5.74, 6) is 1.73. The van der Waals surface area contributed by atoms with Gasteiger partial charge in [0.25, 0.3) is 0 Å². The first kappa shape index (κ1) is 13.2. The van der Waals surface area contributed by atoms with Crippen molar-refractivity contribution in [2.75, 3.05) is 6.54 Å². The van der Waals surface area contributed by atoms with Gasteiger partial charge in [0, 0.05) is 19.0 Å². The SMILES string of the molecule is O=C1C(CCC2C3(CC3)C23CC3)CCN1Cc1ccccc1. The van der Waals surface area contributed by atoms with Crippen molar-refractivity contribution in [1.29, 1.82) is 0 Å². The summed E-state index contributed by atoms with van der Waals surface area (Å²) in [5.41, 5.74) is 2.86. The fraction of sp³-hybridized carbons (Fsp3) is 0.650. The Morgan fingerprint density at radius 1 is 1.00 bits per heavy atom. The van der Waals surface area contributed by atoms with Crippen LogP contribution in [-0.2, 0) is 11.3 Å². The van der Waals surface area contributed by atoms with Gasteiger partial charge in [-0.3, -0.25) is 4.79 Å². The molecular formula is C20H25NO. The molecule has 0 aromatic heterocycles. The van der Waals surface area contributed by atoms with E-state index in [-0.39, 0.29) is 0 Å². The lowest BCUT2D eigenvalue weighted by Gasteiger charge is -2.17. The molecule has 116 valence electrons. The molecule has 1 aromatic carbocycles. The van der Waals surface area contributed by atoms with Crippen molar-refractivity contribution in [3.63, 3.8) is 0 Å². The normalized spacial score (nSPS) is 30.3. The summed E-state index contributed by atoms with van der Waals surface area (Å²) in [6, 6.07) is 10.4. The Hall–Kier alpha value is -1.31. The summed E-state index contributed by atoms with van der Waals surface area (Å²) in [6.07, 6.45) is 9.55. The third-order valence-corrected chi connectivity index (χ3v) is 7.25. The van der Waals surface area contributed by atoms with Gasteiger partial charge in [0.2, 0.25) is 5.91 Å². The number of fused-ring (bicyclic) bond motifs is 1. The minimum absolute atomic E-state index is 0.316. The van der Waals surface area contributed by atoms with Crippen LogP contribution in [0.4, 0.5) is 0 Å². The van der Waals surface area contributed by atoms with Crippen LogP contribution in [-0.4, -0.2) is 17.4 Å². The molecule has 2 heteroatoms. The molecule has 1 amide bonds. The third-order valence-electron chi connectivity index (χ3n) is 7.25. The standard InChI is InChI=1S/C20H25NO/c22-18-16(6-7-17-19(9-10-19)20(17)11-12-20)8-13-21(18)14-15-4-2-1-3-5-15/h1-5,16-17H,6-14H2.